The molecule has 11 heteroatoms. The van der Waals surface area contributed by atoms with Crippen LogP contribution in [-0.4, -0.2) is 63.4 Å². The topological polar surface area (TPSA) is 117 Å². The van der Waals surface area contributed by atoms with Gasteiger partial charge in [-0.1, -0.05) is 5.16 Å². The summed E-state index contributed by atoms with van der Waals surface area (Å²) in [4.78, 5) is 29.9. The van der Waals surface area contributed by atoms with Crippen LogP contribution >= 0.6 is 0 Å². The van der Waals surface area contributed by atoms with E-state index >= 15 is 0 Å². The molecule has 0 bridgehead atoms. The van der Waals surface area contributed by atoms with Gasteiger partial charge < -0.3 is 26.5 Å². The molecule has 3 aromatic rings. The first-order valence-corrected chi connectivity index (χ1v) is 13.3. The standard InChI is InChI=1S/C27H34FN4O6.CH3/c1-3-36-27(35)37-16-32(14-10-20-17(2)29-25-22(33)5-4-11-31(25)26(20)34)12-8-18(9-13-32)24-21-7-6-19(28)15-23(21)38-30-24;/h6-7,15,18,22,33H,3-5,8-14,16H2,1-2H3;1H3/q+1;-1. The van der Waals surface area contributed by atoms with Gasteiger partial charge in [-0.05, 0) is 38.8 Å². The van der Waals surface area contributed by atoms with Crippen LogP contribution in [0, 0.1) is 20.2 Å². The predicted molar refractivity (Wildman–Crippen MR) is 141 cm³/mol. The van der Waals surface area contributed by atoms with E-state index in [2.05, 4.69) is 10.1 Å². The van der Waals surface area contributed by atoms with Crippen molar-refractivity contribution in [1.82, 2.24) is 14.7 Å². The van der Waals surface area contributed by atoms with Crippen molar-refractivity contribution in [3.63, 3.8) is 0 Å². The summed E-state index contributed by atoms with van der Waals surface area (Å²) in [7, 11) is 0. The minimum absolute atomic E-state index is 0. The molecule has 0 aliphatic carbocycles. The van der Waals surface area contributed by atoms with Crippen molar-refractivity contribution in [1.29, 1.82) is 0 Å². The summed E-state index contributed by atoms with van der Waals surface area (Å²) < 4.78 is 31.5. The highest BCUT2D eigenvalue weighted by Crippen LogP contribution is 2.35. The zero-order valence-electron chi connectivity index (χ0n) is 22.8. The van der Waals surface area contributed by atoms with E-state index in [-0.39, 0.29) is 38.1 Å². The van der Waals surface area contributed by atoms with E-state index in [1.165, 1.54) is 12.1 Å². The van der Waals surface area contributed by atoms with Crippen molar-refractivity contribution in [3.8, 4) is 0 Å². The Kier molecular flexibility index (Phi) is 8.70. The molecule has 0 amide bonds. The van der Waals surface area contributed by atoms with Crippen LogP contribution in [0.2, 0.25) is 0 Å². The number of likely N-dealkylation sites (tertiary alicyclic amines) is 1. The number of carbonyl (C=O) groups excluding carboxylic acids is 1. The second-order valence-corrected chi connectivity index (χ2v) is 10.4. The third kappa shape index (κ3) is 5.84. The van der Waals surface area contributed by atoms with Crippen LogP contribution in [0.1, 0.15) is 67.4 Å². The van der Waals surface area contributed by atoms with Crippen LogP contribution in [0.3, 0.4) is 0 Å². The van der Waals surface area contributed by atoms with Crippen molar-refractivity contribution >= 4 is 17.1 Å². The molecular formula is C28H37FN4O6. The number of hydrogen-bond donors (Lipinski definition) is 1. The number of hydrogen-bond acceptors (Lipinski definition) is 8. The molecule has 0 radical (unpaired) electrons. The maximum atomic E-state index is 13.6. The van der Waals surface area contributed by atoms with Crippen molar-refractivity contribution in [2.45, 2.75) is 64.5 Å². The average molecular weight is 545 g/mol. The lowest BCUT2D eigenvalue weighted by atomic mass is 9.90. The third-order valence-corrected chi connectivity index (χ3v) is 7.96. The molecule has 0 saturated carbocycles. The number of benzene rings is 1. The number of rotatable bonds is 7. The largest absolute Gasteiger partial charge is 0.512 e. The number of aliphatic hydroxyl groups excluding tert-OH is 1. The van der Waals surface area contributed by atoms with E-state index in [1.54, 1.807) is 17.6 Å². The SMILES string of the molecule is CCOC(=O)OC[N+]1(CCc2c(C)nc3n(c2=O)CCCC3O)CCC(c2noc3cc(F)ccc23)CC1.[CH3-]. The van der Waals surface area contributed by atoms with E-state index < -0.39 is 12.3 Å². The third-order valence-electron chi connectivity index (χ3n) is 7.96. The fraction of sp³-hybridized carbons (Fsp3) is 0.536. The van der Waals surface area contributed by atoms with Crippen LogP contribution in [0.15, 0.2) is 27.5 Å². The van der Waals surface area contributed by atoms with Crippen LogP contribution in [0.25, 0.3) is 11.0 Å². The Labute approximate surface area is 226 Å². The Bertz CT molecular complexity index is 1380. The Hall–Kier alpha value is -3.31. The molecule has 1 fully saturated rings. The zero-order valence-corrected chi connectivity index (χ0v) is 22.8. The number of fused-ring (bicyclic) bond motifs is 2. The number of aliphatic hydroxyl groups is 1. The molecule has 5 rings (SSSR count). The van der Waals surface area contributed by atoms with Gasteiger partial charge in [0.2, 0.25) is 6.73 Å². The van der Waals surface area contributed by atoms with Gasteiger partial charge in [-0.15, -0.1) is 0 Å². The molecule has 10 nitrogen and oxygen atoms in total. The number of quaternary nitrogens is 1. The number of halogens is 1. The highest BCUT2D eigenvalue weighted by molar-refractivity contribution is 5.79. The Morgan fingerprint density at radius 3 is 2.77 bits per heavy atom. The molecule has 2 aliphatic rings. The van der Waals surface area contributed by atoms with Gasteiger partial charge in [0.25, 0.3) is 5.56 Å². The molecule has 1 aromatic carbocycles. The van der Waals surface area contributed by atoms with E-state index in [0.717, 1.165) is 30.3 Å². The van der Waals surface area contributed by atoms with Gasteiger partial charge in [0.05, 0.1) is 31.9 Å². The van der Waals surface area contributed by atoms with Gasteiger partial charge in [0, 0.05) is 54.4 Å². The summed E-state index contributed by atoms with van der Waals surface area (Å²) in [6.07, 6.45) is 1.90. The van der Waals surface area contributed by atoms with Gasteiger partial charge in [-0.3, -0.25) is 13.8 Å². The lowest BCUT2D eigenvalue weighted by Crippen LogP contribution is -2.55. The number of ether oxygens (including phenoxy) is 2. The Morgan fingerprint density at radius 2 is 2.03 bits per heavy atom. The van der Waals surface area contributed by atoms with Crippen molar-refractivity contribution in [3.05, 3.63) is 64.6 Å². The van der Waals surface area contributed by atoms with Gasteiger partial charge in [-0.2, -0.15) is 0 Å². The molecule has 4 heterocycles. The molecule has 212 valence electrons. The maximum absolute atomic E-state index is 13.6. The Balaban J connectivity index is 0.00000353. The van der Waals surface area contributed by atoms with E-state index in [1.807, 2.05) is 6.92 Å². The summed E-state index contributed by atoms with van der Waals surface area (Å²) >= 11 is 0. The fourth-order valence-electron chi connectivity index (χ4n) is 5.78. The molecule has 0 spiro atoms. The van der Waals surface area contributed by atoms with Gasteiger partial charge in [0.15, 0.2) is 5.58 Å². The van der Waals surface area contributed by atoms with Crippen molar-refractivity contribution < 1.29 is 32.8 Å². The number of aromatic nitrogens is 3. The Morgan fingerprint density at radius 1 is 1.26 bits per heavy atom. The van der Waals surface area contributed by atoms with Crippen LogP contribution in [0.4, 0.5) is 9.18 Å². The molecule has 1 unspecified atom stereocenters. The lowest BCUT2D eigenvalue weighted by Gasteiger charge is -2.42. The molecule has 2 aromatic heterocycles. The molecule has 1 saturated heterocycles. The number of aryl methyl sites for hydroxylation is 1. The first-order chi connectivity index (χ1) is 18.3. The maximum Gasteiger partial charge on any atom is 0.512 e. The highest BCUT2D eigenvalue weighted by atomic mass is 19.1. The normalized spacial score (nSPS) is 22.7. The van der Waals surface area contributed by atoms with E-state index in [9.17, 15) is 19.1 Å². The van der Waals surface area contributed by atoms with Gasteiger partial charge >= 0.3 is 6.16 Å². The smallest absolute Gasteiger partial charge is 0.434 e. The fourth-order valence-corrected chi connectivity index (χ4v) is 5.78. The van der Waals surface area contributed by atoms with Gasteiger partial charge in [-0.25, -0.2) is 14.2 Å². The minimum atomic E-state index is -0.719. The lowest BCUT2D eigenvalue weighted by molar-refractivity contribution is -0.948. The highest BCUT2D eigenvalue weighted by Gasteiger charge is 2.38. The molecule has 1 N–H and O–H groups in total. The molecule has 39 heavy (non-hydrogen) atoms. The summed E-state index contributed by atoms with van der Waals surface area (Å²) in [6.45, 7) is 6.40. The van der Waals surface area contributed by atoms with Crippen LogP contribution in [-0.2, 0) is 22.4 Å². The quantitative estimate of drug-likeness (QED) is 0.268. The first-order valence-electron chi connectivity index (χ1n) is 13.3. The zero-order chi connectivity index (χ0) is 26.9. The number of piperidine rings is 1. The minimum Gasteiger partial charge on any atom is -0.434 e. The van der Waals surface area contributed by atoms with Gasteiger partial charge in [0.1, 0.15) is 17.7 Å². The molecule has 2 aliphatic heterocycles. The summed E-state index contributed by atoms with van der Waals surface area (Å²) in [5.74, 6) is 0.195. The number of nitrogens with zero attached hydrogens (tertiary/aromatic N) is 4. The van der Waals surface area contributed by atoms with Crippen LogP contribution < -0.4 is 5.56 Å². The number of carbonyl (C=O) groups is 1. The monoisotopic (exact) mass is 544 g/mol. The summed E-state index contributed by atoms with van der Waals surface area (Å²) in [6, 6.07) is 4.45. The second kappa shape index (κ2) is 11.8. The second-order valence-electron chi connectivity index (χ2n) is 10.4. The van der Waals surface area contributed by atoms with Crippen molar-refractivity contribution in [2.24, 2.45) is 0 Å². The van der Waals surface area contributed by atoms with E-state index in [0.29, 0.717) is 66.2 Å². The van der Waals surface area contributed by atoms with Crippen molar-refractivity contribution in [2.75, 3.05) is 33.0 Å². The molecule has 1 atom stereocenters. The van der Waals surface area contributed by atoms with E-state index in [4.69, 9.17) is 14.0 Å². The predicted octanol–water partition coefficient (Wildman–Crippen LogP) is 4.18. The summed E-state index contributed by atoms with van der Waals surface area (Å²) in [5.41, 5.74) is 2.39. The first kappa shape index (κ1) is 28.7. The average Bonchev–Trinajstić information content (AvgIpc) is 3.32. The van der Waals surface area contributed by atoms with Crippen LogP contribution in [0.5, 0.6) is 0 Å². The summed E-state index contributed by atoms with van der Waals surface area (Å²) in [5, 5.41) is 15.4. The molecular weight excluding hydrogens is 507 g/mol.